The van der Waals surface area contributed by atoms with Gasteiger partial charge in [-0.25, -0.2) is 0 Å². The van der Waals surface area contributed by atoms with Crippen LogP contribution in [0.1, 0.15) is 265 Å². The van der Waals surface area contributed by atoms with Gasteiger partial charge in [0.2, 0.25) is 0 Å². The molecule has 0 saturated heterocycles. The standard InChI is InChI=1S/C61H104O6/c1-4-7-10-13-16-19-22-25-28-30-33-36-39-42-45-48-51-54-60(63)66-57-58(56-65-59(62)53-50-47-44-41-38-35-32-27-24-21-18-15-12-9-6-3)67-61(64)55-52-49-46-43-40-37-34-31-29-26-23-20-17-14-11-8-5-2/h9,12,16,18-19,21,25-29,32-33,36,58H,4-8,10-11,13-15,17,20,22-24,30-31,34-35,37-57H2,1-3H3/b12-9-,19-16-,21-18-,28-25-,29-26-,32-27-,36-33-/t58-/m1/s1. The molecule has 0 aliphatic rings. The van der Waals surface area contributed by atoms with Crippen LogP contribution in [0, 0.1) is 0 Å². The maximum absolute atomic E-state index is 12.8. The molecule has 0 aliphatic carbocycles. The van der Waals surface area contributed by atoms with E-state index in [-0.39, 0.29) is 31.1 Å². The number of unbranched alkanes of at least 4 members (excludes halogenated alkanes) is 25. The third-order valence-electron chi connectivity index (χ3n) is 11.9. The number of hydrogen-bond donors (Lipinski definition) is 0. The number of rotatable bonds is 50. The molecule has 0 radical (unpaired) electrons. The van der Waals surface area contributed by atoms with E-state index in [1.165, 1.54) is 103 Å². The van der Waals surface area contributed by atoms with Crippen molar-refractivity contribution in [1.29, 1.82) is 0 Å². The van der Waals surface area contributed by atoms with E-state index in [9.17, 15) is 14.4 Å². The number of allylic oxidation sites excluding steroid dienone is 14. The molecule has 0 amide bonds. The Kier molecular flexibility index (Phi) is 52.4. The SMILES string of the molecule is CC/C=C\C/C=C\C/C=C\CCCCCCCC(=O)OC[C@H](COC(=O)CCCCCC/C=C\C/C=C\C/C=C\CCCCC)OC(=O)CCCCCCCCC/C=C\CCCCCCCC. The molecule has 0 heterocycles. The first-order valence-corrected chi connectivity index (χ1v) is 28.1. The molecule has 67 heavy (non-hydrogen) atoms. The van der Waals surface area contributed by atoms with Crippen molar-refractivity contribution in [2.24, 2.45) is 0 Å². The summed E-state index contributed by atoms with van der Waals surface area (Å²) in [5.74, 6) is -0.932. The fourth-order valence-electron chi connectivity index (χ4n) is 7.63. The van der Waals surface area contributed by atoms with Crippen LogP contribution in [0.25, 0.3) is 0 Å². The third-order valence-corrected chi connectivity index (χ3v) is 11.9. The van der Waals surface area contributed by atoms with Crippen molar-refractivity contribution >= 4 is 17.9 Å². The van der Waals surface area contributed by atoms with Crippen molar-refractivity contribution in [3.05, 3.63) is 85.1 Å². The van der Waals surface area contributed by atoms with Crippen LogP contribution in [0.5, 0.6) is 0 Å². The van der Waals surface area contributed by atoms with E-state index in [0.29, 0.717) is 19.3 Å². The summed E-state index contributed by atoms with van der Waals surface area (Å²) >= 11 is 0. The van der Waals surface area contributed by atoms with Crippen molar-refractivity contribution in [3.8, 4) is 0 Å². The van der Waals surface area contributed by atoms with E-state index in [2.05, 4.69) is 106 Å². The van der Waals surface area contributed by atoms with Crippen molar-refractivity contribution in [1.82, 2.24) is 0 Å². The van der Waals surface area contributed by atoms with Crippen LogP contribution in [0.2, 0.25) is 0 Å². The maximum atomic E-state index is 12.8. The highest BCUT2D eigenvalue weighted by atomic mass is 16.6. The van der Waals surface area contributed by atoms with Gasteiger partial charge in [0.25, 0.3) is 0 Å². The molecule has 6 heteroatoms. The molecule has 0 bridgehead atoms. The summed E-state index contributed by atoms with van der Waals surface area (Å²) in [4.78, 5) is 38.1. The lowest BCUT2D eigenvalue weighted by Gasteiger charge is -2.18. The van der Waals surface area contributed by atoms with Crippen molar-refractivity contribution in [2.45, 2.75) is 271 Å². The second-order valence-corrected chi connectivity index (χ2v) is 18.5. The van der Waals surface area contributed by atoms with Crippen LogP contribution < -0.4 is 0 Å². The first-order valence-electron chi connectivity index (χ1n) is 28.1. The average molecular weight is 933 g/mol. The lowest BCUT2D eigenvalue weighted by molar-refractivity contribution is -0.167. The normalized spacial score (nSPS) is 12.7. The summed E-state index contributed by atoms with van der Waals surface area (Å²) in [5.41, 5.74) is 0. The second kappa shape index (κ2) is 55.2. The Morgan fingerprint density at radius 1 is 0.313 bits per heavy atom. The third kappa shape index (κ3) is 53.4. The van der Waals surface area contributed by atoms with Gasteiger partial charge in [0.15, 0.2) is 6.10 Å². The van der Waals surface area contributed by atoms with Crippen LogP contribution in [-0.4, -0.2) is 37.2 Å². The number of esters is 3. The zero-order valence-electron chi connectivity index (χ0n) is 43.9. The summed E-state index contributed by atoms with van der Waals surface area (Å²) in [6, 6.07) is 0. The van der Waals surface area contributed by atoms with Gasteiger partial charge in [-0.3, -0.25) is 14.4 Å². The maximum Gasteiger partial charge on any atom is 0.306 e. The van der Waals surface area contributed by atoms with E-state index in [1.807, 2.05) is 0 Å². The Bertz CT molecular complexity index is 1300. The summed E-state index contributed by atoms with van der Waals surface area (Å²) < 4.78 is 16.8. The van der Waals surface area contributed by atoms with E-state index >= 15 is 0 Å². The molecule has 6 nitrogen and oxygen atoms in total. The predicted octanol–water partition coefficient (Wildman–Crippen LogP) is 18.8. The molecule has 1 atom stereocenters. The molecule has 0 aromatic carbocycles. The molecular weight excluding hydrogens is 829 g/mol. The minimum atomic E-state index is -0.796. The van der Waals surface area contributed by atoms with Gasteiger partial charge in [-0.1, -0.05) is 215 Å². The molecule has 384 valence electrons. The second-order valence-electron chi connectivity index (χ2n) is 18.5. The Morgan fingerprint density at radius 3 is 0.955 bits per heavy atom. The summed E-state index contributed by atoms with van der Waals surface area (Å²) in [7, 11) is 0. The van der Waals surface area contributed by atoms with Crippen LogP contribution in [0.15, 0.2) is 85.1 Å². The monoisotopic (exact) mass is 933 g/mol. The lowest BCUT2D eigenvalue weighted by Crippen LogP contribution is -2.30. The number of carbonyl (C=O) groups is 3. The zero-order chi connectivity index (χ0) is 48.6. The van der Waals surface area contributed by atoms with Gasteiger partial charge in [-0.2, -0.15) is 0 Å². The van der Waals surface area contributed by atoms with Crippen LogP contribution in [0.4, 0.5) is 0 Å². The van der Waals surface area contributed by atoms with Gasteiger partial charge in [0.1, 0.15) is 13.2 Å². The van der Waals surface area contributed by atoms with Gasteiger partial charge in [-0.05, 0) is 116 Å². The predicted molar refractivity (Wildman–Crippen MR) is 288 cm³/mol. The first kappa shape index (κ1) is 63.6. The van der Waals surface area contributed by atoms with Crippen LogP contribution in [0.3, 0.4) is 0 Å². The Hall–Kier alpha value is -3.41. The van der Waals surface area contributed by atoms with Gasteiger partial charge in [0, 0.05) is 19.3 Å². The molecule has 0 spiro atoms. The van der Waals surface area contributed by atoms with Gasteiger partial charge in [0.05, 0.1) is 0 Å². The molecule has 0 unspecified atom stereocenters. The molecule has 0 fully saturated rings. The van der Waals surface area contributed by atoms with E-state index < -0.39 is 6.10 Å². The fraction of sp³-hybridized carbons (Fsp3) is 0.721. The van der Waals surface area contributed by atoms with Crippen molar-refractivity contribution in [2.75, 3.05) is 13.2 Å². The van der Waals surface area contributed by atoms with Crippen molar-refractivity contribution in [3.63, 3.8) is 0 Å². The molecular formula is C61H104O6. The molecule has 0 aliphatic heterocycles. The highest BCUT2D eigenvalue weighted by Crippen LogP contribution is 2.14. The number of hydrogen-bond acceptors (Lipinski definition) is 6. The number of carbonyl (C=O) groups excluding carboxylic acids is 3. The van der Waals surface area contributed by atoms with E-state index in [1.54, 1.807) is 0 Å². The first-order chi connectivity index (χ1) is 33.0. The van der Waals surface area contributed by atoms with Gasteiger partial charge in [-0.15, -0.1) is 0 Å². The molecule has 0 aromatic rings. The van der Waals surface area contributed by atoms with Gasteiger partial charge < -0.3 is 14.2 Å². The Morgan fingerprint density at radius 2 is 0.582 bits per heavy atom. The quantitative estimate of drug-likeness (QED) is 0.0262. The Labute approximate surface area is 414 Å². The average Bonchev–Trinajstić information content (AvgIpc) is 3.33. The molecule has 0 rings (SSSR count). The Balaban J connectivity index is 4.46. The minimum absolute atomic E-state index is 0.0947. The smallest absolute Gasteiger partial charge is 0.306 e. The summed E-state index contributed by atoms with van der Waals surface area (Å²) in [5, 5.41) is 0. The minimum Gasteiger partial charge on any atom is -0.462 e. The van der Waals surface area contributed by atoms with E-state index in [4.69, 9.17) is 14.2 Å². The largest absolute Gasteiger partial charge is 0.462 e. The number of ether oxygens (including phenoxy) is 3. The topological polar surface area (TPSA) is 78.9 Å². The lowest BCUT2D eigenvalue weighted by atomic mass is 10.1. The summed E-state index contributed by atoms with van der Waals surface area (Å²) in [6.45, 7) is 6.47. The molecule has 0 N–H and O–H groups in total. The van der Waals surface area contributed by atoms with E-state index in [0.717, 1.165) is 122 Å². The molecule has 0 aromatic heterocycles. The van der Waals surface area contributed by atoms with Crippen LogP contribution >= 0.6 is 0 Å². The zero-order valence-corrected chi connectivity index (χ0v) is 43.9. The molecule has 0 saturated carbocycles. The summed E-state index contributed by atoms with van der Waals surface area (Å²) in [6.07, 6.45) is 71.3. The van der Waals surface area contributed by atoms with Crippen molar-refractivity contribution < 1.29 is 28.6 Å². The fourth-order valence-corrected chi connectivity index (χ4v) is 7.63. The highest BCUT2D eigenvalue weighted by molar-refractivity contribution is 5.71. The van der Waals surface area contributed by atoms with Crippen LogP contribution in [-0.2, 0) is 28.6 Å². The van der Waals surface area contributed by atoms with Gasteiger partial charge >= 0.3 is 17.9 Å². The highest BCUT2D eigenvalue weighted by Gasteiger charge is 2.19.